The first kappa shape index (κ1) is 20.9. The molecule has 172 valence electrons. The largest absolute Gasteiger partial charge is 0.490 e. The molecule has 33 heavy (non-hydrogen) atoms. The minimum Gasteiger partial charge on any atom is -0.490 e. The highest BCUT2D eigenvalue weighted by atomic mass is 32.1. The Morgan fingerprint density at radius 1 is 1.09 bits per heavy atom. The second kappa shape index (κ2) is 8.25. The molecule has 0 radical (unpaired) electrons. The molecule has 0 saturated carbocycles. The summed E-state index contributed by atoms with van der Waals surface area (Å²) >= 11 is 1.24. The highest BCUT2D eigenvalue weighted by molar-refractivity contribution is 7.20. The number of benzene rings is 1. The second-order valence-electron chi connectivity index (χ2n) is 9.50. The van der Waals surface area contributed by atoms with E-state index in [4.69, 9.17) is 4.74 Å². The van der Waals surface area contributed by atoms with Crippen molar-refractivity contribution >= 4 is 27.5 Å². The minimum absolute atomic E-state index is 0.00490. The smallest absolute Gasteiger partial charge is 0.275 e. The summed E-state index contributed by atoms with van der Waals surface area (Å²) in [5.74, 6) is 0.842. The molecule has 5 heterocycles. The maximum Gasteiger partial charge on any atom is 0.275 e. The maximum atomic E-state index is 13.2. The Balaban J connectivity index is 1.21. The standard InChI is InChI=1S/C25H28N4O3S/c1-27-17-4-5-18(27)13-20(12-17)32-19-8-6-16(7-9-19)29-15-26-21-14-22(33-23(21)25(29)31)24(30)28-10-2-3-11-28/h6-9,14-15,17-18,20H,2-5,10-13H2,1H3/t17-,18+,20?. The number of nitrogens with zero attached hydrogens (tertiary/aromatic N) is 4. The van der Waals surface area contributed by atoms with Gasteiger partial charge in [-0.1, -0.05) is 0 Å². The number of ether oxygens (including phenoxy) is 1. The molecule has 3 atom stereocenters. The molecule has 3 saturated heterocycles. The number of carbonyl (C=O) groups excluding carboxylic acids is 1. The zero-order valence-electron chi connectivity index (χ0n) is 18.8. The van der Waals surface area contributed by atoms with Crippen LogP contribution < -0.4 is 10.3 Å². The second-order valence-corrected chi connectivity index (χ2v) is 10.6. The number of piperidine rings is 1. The van der Waals surface area contributed by atoms with E-state index >= 15 is 0 Å². The van der Waals surface area contributed by atoms with Gasteiger partial charge in [-0.2, -0.15) is 0 Å². The summed E-state index contributed by atoms with van der Waals surface area (Å²) in [7, 11) is 2.23. The lowest BCUT2D eigenvalue weighted by molar-refractivity contribution is 0.0661. The van der Waals surface area contributed by atoms with Gasteiger partial charge in [0.15, 0.2) is 0 Å². The summed E-state index contributed by atoms with van der Waals surface area (Å²) in [5.41, 5.74) is 1.18. The molecule has 6 rings (SSSR count). The van der Waals surface area contributed by atoms with Crippen molar-refractivity contribution in [3.63, 3.8) is 0 Å². The molecule has 3 fully saturated rings. The fraction of sp³-hybridized carbons (Fsp3) is 0.480. The number of carbonyl (C=O) groups is 1. The Labute approximate surface area is 196 Å². The Morgan fingerprint density at radius 2 is 1.79 bits per heavy atom. The average Bonchev–Trinajstić information content (AvgIpc) is 3.54. The van der Waals surface area contributed by atoms with Crippen LogP contribution in [-0.2, 0) is 0 Å². The molecule has 3 aromatic rings. The van der Waals surface area contributed by atoms with Crippen LogP contribution in [-0.4, -0.2) is 63.6 Å². The van der Waals surface area contributed by atoms with Crippen LogP contribution in [0.1, 0.15) is 48.2 Å². The Hall–Kier alpha value is -2.71. The van der Waals surface area contributed by atoms with Crippen LogP contribution in [0.15, 0.2) is 41.5 Å². The van der Waals surface area contributed by atoms with Gasteiger partial charge in [-0.05, 0) is 75.9 Å². The third-order valence-electron chi connectivity index (χ3n) is 7.51. The van der Waals surface area contributed by atoms with E-state index in [1.54, 1.807) is 17.0 Å². The topological polar surface area (TPSA) is 67.7 Å². The summed E-state index contributed by atoms with van der Waals surface area (Å²) in [6, 6.07) is 10.7. The van der Waals surface area contributed by atoms with E-state index < -0.39 is 0 Å². The highest BCUT2D eigenvalue weighted by Crippen LogP contribution is 2.36. The normalized spacial score (nSPS) is 25.1. The van der Waals surface area contributed by atoms with Gasteiger partial charge in [-0.15, -0.1) is 11.3 Å². The summed E-state index contributed by atoms with van der Waals surface area (Å²) in [6.45, 7) is 1.58. The molecule has 2 bridgehead atoms. The van der Waals surface area contributed by atoms with Gasteiger partial charge in [0.25, 0.3) is 11.5 Å². The molecular formula is C25H28N4O3S. The van der Waals surface area contributed by atoms with Gasteiger partial charge in [-0.25, -0.2) is 4.98 Å². The van der Waals surface area contributed by atoms with Crippen LogP contribution in [0.2, 0.25) is 0 Å². The summed E-state index contributed by atoms with van der Waals surface area (Å²) in [6.07, 6.45) is 8.58. The summed E-state index contributed by atoms with van der Waals surface area (Å²) in [5, 5.41) is 0. The number of hydrogen-bond donors (Lipinski definition) is 0. The Bertz CT molecular complexity index is 1230. The molecule has 1 aromatic carbocycles. The van der Waals surface area contributed by atoms with Crippen molar-refractivity contribution in [2.45, 2.75) is 56.7 Å². The third-order valence-corrected chi connectivity index (χ3v) is 8.61. The molecule has 1 unspecified atom stereocenters. The van der Waals surface area contributed by atoms with Gasteiger partial charge in [0.2, 0.25) is 0 Å². The molecule has 8 heteroatoms. The molecule has 0 spiro atoms. The molecule has 7 nitrogen and oxygen atoms in total. The monoisotopic (exact) mass is 464 g/mol. The molecule has 1 amide bonds. The first-order valence-electron chi connectivity index (χ1n) is 11.9. The SMILES string of the molecule is CN1[C@@H]2CC[C@H]1CC(Oc1ccc(-n3cnc4cc(C(=O)N5CCCC5)sc4c3=O)cc1)C2. The van der Waals surface area contributed by atoms with E-state index in [2.05, 4.69) is 16.9 Å². The predicted octanol–water partition coefficient (Wildman–Crippen LogP) is 3.69. The van der Waals surface area contributed by atoms with Crippen molar-refractivity contribution in [1.82, 2.24) is 19.4 Å². The van der Waals surface area contributed by atoms with E-state index in [1.807, 2.05) is 29.2 Å². The Morgan fingerprint density at radius 3 is 2.48 bits per heavy atom. The van der Waals surface area contributed by atoms with Crippen molar-refractivity contribution in [3.8, 4) is 11.4 Å². The minimum atomic E-state index is -0.147. The van der Waals surface area contributed by atoms with E-state index in [9.17, 15) is 9.59 Å². The molecule has 0 aliphatic carbocycles. The molecule has 3 aliphatic heterocycles. The van der Waals surface area contributed by atoms with E-state index in [0.717, 1.165) is 50.2 Å². The third kappa shape index (κ3) is 3.75. The van der Waals surface area contributed by atoms with Crippen LogP contribution >= 0.6 is 11.3 Å². The summed E-state index contributed by atoms with van der Waals surface area (Å²) < 4.78 is 8.34. The van der Waals surface area contributed by atoms with E-state index in [1.165, 1.54) is 24.2 Å². The quantitative estimate of drug-likeness (QED) is 0.589. The highest BCUT2D eigenvalue weighted by Gasteiger charge is 2.39. The zero-order valence-corrected chi connectivity index (χ0v) is 19.6. The first-order chi connectivity index (χ1) is 16.1. The lowest BCUT2D eigenvalue weighted by atomic mass is 10.0. The molecular weight excluding hydrogens is 436 g/mol. The number of hydrogen-bond acceptors (Lipinski definition) is 6. The maximum absolute atomic E-state index is 13.2. The van der Waals surface area contributed by atoms with E-state index in [0.29, 0.717) is 27.2 Å². The fourth-order valence-corrected chi connectivity index (χ4v) is 6.62. The van der Waals surface area contributed by atoms with Crippen molar-refractivity contribution in [2.24, 2.45) is 0 Å². The molecule has 3 aliphatic rings. The molecule has 0 N–H and O–H groups in total. The van der Waals surface area contributed by atoms with Crippen LogP contribution in [0.5, 0.6) is 5.75 Å². The van der Waals surface area contributed by atoms with Gasteiger partial charge in [0.05, 0.1) is 16.1 Å². The van der Waals surface area contributed by atoms with Crippen molar-refractivity contribution in [3.05, 3.63) is 51.9 Å². The number of likely N-dealkylation sites (tertiary alicyclic amines) is 1. The lowest BCUT2D eigenvalue weighted by Gasteiger charge is -2.36. The van der Waals surface area contributed by atoms with Gasteiger partial charge < -0.3 is 14.5 Å². The number of aromatic nitrogens is 2. The van der Waals surface area contributed by atoms with Crippen LogP contribution in [0.3, 0.4) is 0 Å². The van der Waals surface area contributed by atoms with Gasteiger partial charge >= 0.3 is 0 Å². The summed E-state index contributed by atoms with van der Waals surface area (Å²) in [4.78, 5) is 35.3. The average molecular weight is 465 g/mol. The Kier molecular flexibility index (Phi) is 5.22. The number of thiophene rings is 1. The van der Waals surface area contributed by atoms with Crippen molar-refractivity contribution in [2.75, 3.05) is 20.1 Å². The first-order valence-corrected chi connectivity index (χ1v) is 12.7. The fourth-order valence-electron chi connectivity index (χ4n) is 5.61. The van der Waals surface area contributed by atoms with E-state index in [-0.39, 0.29) is 17.6 Å². The van der Waals surface area contributed by atoms with Gasteiger partial charge in [0, 0.05) is 25.2 Å². The number of amides is 1. The number of rotatable bonds is 4. The van der Waals surface area contributed by atoms with Crippen LogP contribution in [0.4, 0.5) is 0 Å². The zero-order chi connectivity index (χ0) is 22.5. The van der Waals surface area contributed by atoms with Gasteiger partial charge in [-0.3, -0.25) is 14.2 Å². The van der Waals surface area contributed by atoms with Crippen LogP contribution in [0, 0.1) is 0 Å². The number of fused-ring (bicyclic) bond motifs is 3. The lowest BCUT2D eigenvalue weighted by Crippen LogP contribution is -2.43. The molecule has 2 aromatic heterocycles. The predicted molar refractivity (Wildman–Crippen MR) is 129 cm³/mol. The van der Waals surface area contributed by atoms with Gasteiger partial charge in [0.1, 0.15) is 22.9 Å². The van der Waals surface area contributed by atoms with Crippen LogP contribution in [0.25, 0.3) is 15.9 Å². The van der Waals surface area contributed by atoms with Crippen molar-refractivity contribution in [1.29, 1.82) is 0 Å². The van der Waals surface area contributed by atoms with Crippen molar-refractivity contribution < 1.29 is 9.53 Å².